The smallest absolute Gasteiger partial charge is 0.131 e. The number of hydrogen-bond acceptors (Lipinski definition) is 4. The van der Waals surface area contributed by atoms with Crippen LogP contribution in [-0.4, -0.2) is 10.2 Å². The standard InChI is InChI=1S/C27H24O4/c1-27(2,23-7-3-5-9-25(23)30-21-15-11-19(28)12-16-21)24-8-4-6-10-26(24)31-22-17-13-20(29)14-18-22/h3-18,28-29H,1-2H3. The van der Waals surface area contributed by atoms with Gasteiger partial charge >= 0.3 is 0 Å². The third-order valence-corrected chi connectivity index (χ3v) is 5.25. The van der Waals surface area contributed by atoms with Gasteiger partial charge in [-0.25, -0.2) is 0 Å². The number of para-hydroxylation sites is 2. The van der Waals surface area contributed by atoms with Crippen molar-refractivity contribution in [2.75, 3.05) is 0 Å². The Labute approximate surface area is 182 Å². The minimum atomic E-state index is -0.430. The molecule has 2 N–H and O–H groups in total. The molecule has 0 heterocycles. The first-order valence-corrected chi connectivity index (χ1v) is 10.1. The van der Waals surface area contributed by atoms with E-state index in [-0.39, 0.29) is 11.5 Å². The van der Waals surface area contributed by atoms with Gasteiger partial charge in [0.15, 0.2) is 0 Å². The van der Waals surface area contributed by atoms with Crippen LogP contribution in [-0.2, 0) is 5.41 Å². The first-order valence-electron chi connectivity index (χ1n) is 10.1. The van der Waals surface area contributed by atoms with Gasteiger partial charge in [-0.3, -0.25) is 0 Å². The van der Waals surface area contributed by atoms with Gasteiger partial charge < -0.3 is 19.7 Å². The maximum Gasteiger partial charge on any atom is 0.131 e. The molecule has 31 heavy (non-hydrogen) atoms. The summed E-state index contributed by atoms with van der Waals surface area (Å²) in [6.07, 6.45) is 0. The summed E-state index contributed by atoms with van der Waals surface area (Å²) < 4.78 is 12.3. The van der Waals surface area contributed by atoms with Gasteiger partial charge in [-0.1, -0.05) is 50.2 Å². The quantitative estimate of drug-likeness (QED) is 0.358. The van der Waals surface area contributed by atoms with Crippen LogP contribution in [0.2, 0.25) is 0 Å². The van der Waals surface area contributed by atoms with Gasteiger partial charge in [0.1, 0.15) is 34.5 Å². The van der Waals surface area contributed by atoms with Crippen molar-refractivity contribution in [1.29, 1.82) is 0 Å². The van der Waals surface area contributed by atoms with E-state index in [1.807, 2.05) is 48.5 Å². The minimum Gasteiger partial charge on any atom is -0.508 e. The molecule has 0 radical (unpaired) electrons. The van der Waals surface area contributed by atoms with E-state index in [0.29, 0.717) is 11.5 Å². The number of phenolic OH excluding ortho intramolecular Hbond substituents is 2. The van der Waals surface area contributed by atoms with Crippen molar-refractivity contribution in [3.05, 3.63) is 108 Å². The highest BCUT2D eigenvalue weighted by atomic mass is 16.5. The summed E-state index contributed by atoms with van der Waals surface area (Å²) in [4.78, 5) is 0. The van der Waals surface area contributed by atoms with Gasteiger partial charge in [0.2, 0.25) is 0 Å². The molecule has 4 nitrogen and oxygen atoms in total. The molecule has 0 atom stereocenters. The van der Waals surface area contributed by atoms with Gasteiger partial charge in [-0.2, -0.15) is 0 Å². The van der Waals surface area contributed by atoms with Crippen LogP contribution >= 0.6 is 0 Å². The zero-order chi connectivity index (χ0) is 21.8. The Balaban J connectivity index is 1.71. The van der Waals surface area contributed by atoms with E-state index >= 15 is 0 Å². The predicted molar refractivity (Wildman–Crippen MR) is 121 cm³/mol. The van der Waals surface area contributed by atoms with Crippen molar-refractivity contribution < 1.29 is 19.7 Å². The summed E-state index contributed by atoms with van der Waals surface area (Å²) in [6, 6.07) is 29.2. The van der Waals surface area contributed by atoms with Crippen molar-refractivity contribution in [2.24, 2.45) is 0 Å². The van der Waals surface area contributed by atoms with Crippen LogP contribution < -0.4 is 9.47 Å². The molecule has 156 valence electrons. The zero-order valence-electron chi connectivity index (χ0n) is 17.4. The highest BCUT2D eigenvalue weighted by molar-refractivity contribution is 5.52. The number of rotatable bonds is 6. The second-order valence-corrected chi connectivity index (χ2v) is 7.81. The molecule has 4 aromatic rings. The zero-order valence-corrected chi connectivity index (χ0v) is 17.4. The molecule has 0 bridgehead atoms. The Kier molecular flexibility index (Phi) is 5.54. The Morgan fingerprint density at radius 2 is 0.871 bits per heavy atom. The predicted octanol–water partition coefficient (Wildman–Crippen LogP) is 7.01. The van der Waals surface area contributed by atoms with Crippen LogP contribution in [0.1, 0.15) is 25.0 Å². The maximum absolute atomic E-state index is 9.54. The fourth-order valence-electron chi connectivity index (χ4n) is 3.57. The lowest BCUT2D eigenvalue weighted by atomic mass is 9.77. The van der Waals surface area contributed by atoms with Crippen LogP contribution in [0.3, 0.4) is 0 Å². The van der Waals surface area contributed by atoms with Gasteiger partial charge in [0, 0.05) is 16.5 Å². The molecule has 4 heteroatoms. The molecule has 0 aliphatic rings. The second kappa shape index (κ2) is 8.44. The highest BCUT2D eigenvalue weighted by Crippen LogP contribution is 2.43. The molecule has 0 aliphatic heterocycles. The molecule has 0 aliphatic carbocycles. The van der Waals surface area contributed by atoms with Crippen molar-refractivity contribution in [2.45, 2.75) is 19.3 Å². The summed E-state index contributed by atoms with van der Waals surface area (Å²) in [5, 5.41) is 19.1. The molecule has 0 fully saturated rings. The highest BCUT2D eigenvalue weighted by Gasteiger charge is 2.30. The Hall–Kier alpha value is -3.92. The molecule has 4 aromatic carbocycles. The largest absolute Gasteiger partial charge is 0.508 e. The van der Waals surface area contributed by atoms with E-state index in [0.717, 1.165) is 22.6 Å². The number of hydrogen-bond donors (Lipinski definition) is 2. The minimum absolute atomic E-state index is 0.196. The average molecular weight is 412 g/mol. The Morgan fingerprint density at radius 3 is 1.26 bits per heavy atom. The first-order chi connectivity index (χ1) is 14.9. The van der Waals surface area contributed by atoms with E-state index < -0.39 is 5.41 Å². The Bertz CT molecular complexity index is 1070. The first kappa shape index (κ1) is 20.4. The maximum atomic E-state index is 9.54. The fraction of sp³-hybridized carbons (Fsp3) is 0.111. The average Bonchev–Trinajstić information content (AvgIpc) is 2.77. The van der Waals surface area contributed by atoms with Gasteiger partial charge in [-0.15, -0.1) is 0 Å². The van der Waals surface area contributed by atoms with Crippen LogP contribution in [0.5, 0.6) is 34.5 Å². The summed E-state index contributed by atoms with van der Waals surface area (Å²) in [5.41, 5.74) is 1.58. The Morgan fingerprint density at radius 1 is 0.516 bits per heavy atom. The van der Waals surface area contributed by atoms with Crippen molar-refractivity contribution in [3.63, 3.8) is 0 Å². The van der Waals surface area contributed by atoms with E-state index in [9.17, 15) is 10.2 Å². The number of ether oxygens (including phenoxy) is 2. The third kappa shape index (κ3) is 4.48. The lowest BCUT2D eigenvalue weighted by Crippen LogP contribution is -2.20. The van der Waals surface area contributed by atoms with Crippen molar-refractivity contribution >= 4 is 0 Å². The molecule has 0 saturated carbocycles. The number of benzene rings is 4. The fourth-order valence-corrected chi connectivity index (χ4v) is 3.57. The van der Waals surface area contributed by atoms with Crippen LogP contribution in [0.25, 0.3) is 0 Å². The molecule has 0 unspecified atom stereocenters. The number of aromatic hydroxyl groups is 2. The molecular weight excluding hydrogens is 388 g/mol. The van der Waals surface area contributed by atoms with E-state index in [2.05, 4.69) is 13.8 Å². The topological polar surface area (TPSA) is 58.9 Å². The second-order valence-electron chi connectivity index (χ2n) is 7.81. The molecule has 0 spiro atoms. The van der Waals surface area contributed by atoms with E-state index in [1.54, 1.807) is 48.5 Å². The SMILES string of the molecule is CC(C)(c1ccccc1Oc1ccc(O)cc1)c1ccccc1Oc1ccc(O)cc1. The normalized spacial score (nSPS) is 11.2. The summed E-state index contributed by atoms with van der Waals surface area (Å²) >= 11 is 0. The lowest BCUT2D eigenvalue weighted by Gasteiger charge is -2.30. The molecular formula is C27H24O4. The van der Waals surface area contributed by atoms with Gasteiger partial charge in [-0.05, 0) is 60.7 Å². The monoisotopic (exact) mass is 412 g/mol. The van der Waals surface area contributed by atoms with Crippen molar-refractivity contribution in [1.82, 2.24) is 0 Å². The summed E-state index contributed by atoms with van der Waals surface area (Å²) in [6.45, 7) is 4.26. The number of phenols is 2. The summed E-state index contributed by atoms with van der Waals surface area (Å²) in [5.74, 6) is 3.15. The van der Waals surface area contributed by atoms with Crippen LogP contribution in [0.15, 0.2) is 97.1 Å². The van der Waals surface area contributed by atoms with Gasteiger partial charge in [0.05, 0.1) is 0 Å². The van der Waals surface area contributed by atoms with Gasteiger partial charge in [0.25, 0.3) is 0 Å². The van der Waals surface area contributed by atoms with Crippen LogP contribution in [0, 0.1) is 0 Å². The van der Waals surface area contributed by atoms with E-state index in [4.69, 9.17) is 9.47 Å². The third-order valence-electron chi connectivity index (χ3n) is 5.25. The molecule has 0 amide bonds. The molecule has 0 aromatic heterocycles. The molecule has 4 rings (SSSR count). The van der Waals surface area contributed by atoms with E-state index in [1.165, 1.54) is 0 Å². The molecule has 0 saturated heterocycles. The van der Waals surface area contributed by atoms with Crippen LogP contribution in [0.4, 0.5) is 0 Å². The summed E-state index contributed by atoms with van der Waals surface area (Å²) in [7, 11) is 0. The lowest BCUT2D eigenvalue weighted by molar-refractivity contribution is 0.440. The van der Waals surface area contributed by atoms with Crippen molar-refractivity contribution in [3.8, 4) is 34.5 Å².